The summed E-state index contributed by atoms with van der Waals surface area (Å²) in [6, 6.07) is 8.39. The molecule has 6 heteroatoms. The predicted octanol–water partition coefficient (Wildman–Crippen LogP) is 1.91. The SMILES string of the molecule is CCN(CC)C(=O)[C@H](NC(=O)c1ccccc1)C1CCN(C(C)=O)CC1. The normalized spacial score (nSPS) is 16.0. The second kappa shape index (κ2) is 9.36. The molecule has 1 atom stereocenters. The molecule has 6 nitrogen and oxygen atoms in total. The maximum atomic E-state index is 13.0. The number of carbonyl (C=O) groups excluding carboxylic acids is 3. The molecule has 1 aromatic rings. The molecule has 142 valence electrons. The van der Waals surface area contributed by atoms with Gasteiger partial charge in [-0.05, 0) is 44.7 Å². The number of carbonyl (C=O) groups is 3. The summed E-state index contributed by atoms with van der Waals surface area (Å²) in [6.45, 7) is 7.92. The standard InChI is InChI=1S/C20H29N3O3/c1-4-22(5-2)20(26)18(16-11-13-23(14-12-16)15(3)24)21-19(25)17-9-7-6-8-10-17/h6-10,16,18H,4-5,11-14H2,1-3H3,(H,21,25)/t18-/m1/s1. The Morgan fingerprint density at radius 2 is 1.69 bits per heavy atom. The highest BCUT2D eigenvalue weighted by Crippen LogP contribution is 2.23. The van der Waals surface area contributed by atoms with Gasteiger partial charge >= 0.3 is 0 Å². The average Bonchev–Trinajstić information content (AvgIpc) is 2.67. The van der Waals surface area contributed by atoms with Gasteiger partial charge in [-0.3, -0.25) is 14.4 Å². The van der Waals surface area contributed by atoms with E-state index in [0.717, 1.165) is 0 Å². The quantitative estimate of drug-likeness (QED) is 0.843. The van der Waals surface area contributed by atoms with Gasteiger partial charge in [-0.1, -0.05) is 18.2 Å². The molecular formula is C20H29N3O3. The lowest BCUT2D eigenvalue weighted by Gasteiger charge is -2.37. The molecule has 2 rings (SSSR count). The van der Waals surface area contributed by atoms with Crippen LogP contribution in [0.1, 0.15) is 44.0 Å². The highest BCUT2D eigenvalue weighted by molar-refractivity contribution is 5.97. The molecule has 0 spiro atoms. The first kappa shape index (κ1) is 19.9. The lowest BCUT2D eigenvalue weighted by molar-refractivity contribution is -0.135. The third-order valence-corrected chi connectivity index (χ3v) is 5.12. The van der Waals surface area contributed by atoms with E-state index < -0.39 is 6.04 Å². The largest absolute Gasteiger partial charge is 0.343 e. The second-order valence-electron chi connectivity index (χ2n) is 6.67. The van der Waals surface area contributed by atoms with Gasteiger partial charge < -0.3 is 15.1 Å². The summed E-state index contributed by atoms with van der Waals surface area (Å²) >= 11 is 0. The summed E-state index contributed by atoms with van der Waals surface area (Å²) < 4.78 is 0. The van der Waals surface area contributed by atoms with Gasteiger partial charge in [0.1, 0.15) is 6.04 Å². The van der Waals surface area contributed by atoms with Crippen LogP contribution in [0.3, 0.4) is 0 Å². The minimum atomic E-state index is -0.559. The van der Waals surface area contributed by atoms with Crippen molar-refractivity contribution in [3.8, 4) is 0 Å². The van der Waals surface area contributed by atoms with E-state index in [-0.39, 0.29) is 23.6 Å². The molecular weight excluding hydrogens is 330 g/mol. The van der Waals surface area contributed by atoms with E-state index in [4.69, 9.17) is 0 Å². The van der Waals surface area contributed by atoms with Crippen LogP contribution >= 0.6 is 0 Å². The maximum absolute atomic E-state index is 13.0. The topological polar surface area (TPSA) is 69.7 Å². The fourth-order valence-electron chi connectivity index (χ4n) is 3.47. The number of nitrogens with zero attached hydrogens (tertiary/aromatic N) is 2. The van der Waals surface area contributed by atoms with Crippen LogP contribution in [0.15, 0.2) is 30.3 Å². The molecule has 0 radical (unpaired) electrons. The molecule has 0 bridgehead atoms. The van der Waals surface area contributed by atoms with Crippen LogP contribution in [-0.4, -0.2) is 59.7 Å². The van der Waals surface area contributed by atoms with Gasteiger partial charge in [0.2, 0.25) is 11.8 Å². The molecule has 1 aliphatic heterocycles. The van der Waals surface area contributed by atoms with Gasteiger partial charge in [0.05, 0.1) is 0 Å². The van der Waals surface area contributed by atoms with Crippen molar-refractivity contribution in [2.24, 2.45) is 5.92 Å². The van der Waals surface area contributed by atoms with Crippen LogP contribution in [0.4, 0.5) is 0 Å². The zero-order valence-electron chi connectivity index (χ0n) is 15.9. The lowest BCUT2D eigenvalue weighted by atomic mass is 9.88. The summed E-state index contributed by atoms with van der Waals surface area (Å²) in [7, 11) is 0. The van der Waals surface area contributed by atoms with Crippen LogP contribution in [0.25, 0.3) is 0 Å². The fraction of sp³-hybridized carbons (Fsp3) is 0.550. The molecule has 1 aromatic carbocycles. The molecule has 3 amide bonds. The Bertz CT molecular complexity index is 620. The summed E-state index contributed by atoms with van der Waals surface area (Å²) in [4.78, 5) is 40.8. The van der Waals surface area contributed by atoms with Gasteiger partial charge in [-0.25, -0.2) is 0 Å². The lowest BCUT2D eigenvalue weighted by Crippen LogP contribution is -2.54. The van der Waals surface area contributed by atoms with Crippen LogP contribution in [-0.2, 0) is 9.59 Å². The first-order valence-electron chi connectivity index (χ1n) is 9.38. The van der Waals surface area contributed by atoms with Crippen molar-refractivity contribution in [2.75, 3.05) is 26.2 Å². The Labute approximate surface area is 155 Å². The first-order chi connectivity index (χ1) is 12.5. The molecule has 1 heterocycles. The van der Waals surface area contributed by atoms with Crippen molar-refractivity contribution in [1.82, 2.24) is 15.1 Å². The highest BCUT2D eigenvalue weighted by Gasteiger charge is 2.35. The third kappa shape index (κ3) is 4.84. The van der Waals surface area contributed by atoms with Gasteiger partial charge in [-0.15, -0.1) is 0 Å². The third-order valence-electron chi connectivity index (χ3n) is 5.12. The van der Waals surface area contributed by atoms with Crippen LogP contribution in [0, 0.1) is 5.92 Å². The van der Waals surface area contributed by atoms with Gasteiger partial charge in [-0.2, -0.15) is 0 Å². The van der Waals surface area contributed by atoms with E-state index in [2.05, 4.69) is 5.32 Å². The number of hydrogen-bond acceptors (Lipinski definition) is 3. The Kier molecular flexibility index (Phi) is 7.18. The first-order valence-corrected chi connectivity index (χ1v) is 9.38. The highest BCUT2D eigenvalue weighted by atomic mass is 16.2. The number of benzene rings is 1. The number of likely N-dealkylation sites (tertiary alicyclic amines) is 1. The molecule has 26 heavy (non-hydrogen) atoms. The van der Waals surface area contributed by atoms with Gasteiger partial charge in [0, 0.05) is 38.7 Å². The van der Waals surface area contributed by atoms with Crippen molar-refractivity contribution in [3.05, 3.63) is 35.9 Å². The Hall–Kier alpha value is -2.37. The average molecular weight is 359 g/mol. The zero-order chi connectivity index (χ0) is 19.1. The van der Waals surface area contributed by atoms with E-state index in [1.807, 2.05) is 32.0 Å². The Balaban J connectivity index is 2.15. The van der Waals surface area contributed by atoms with Crippen molar-refractivity contribution < 1.29 is 14.4 Å². The van der Waals surface area contributed by atoms with Crippen molar-refractivity contribution in [2.45, 2.75) is 39.7 Å². The summed E-state index contributed by atoms with van der Waals surface area (Å²) in [5.74, 6) is -0.180. The number of rotatable bonds is 6. The van der Waals surface area contributed by atoms with Gasteiger partial charge in [0.15, 0.2) is 0 Å². The van der Waals surface area contributed by atoms with E-state index >= 15 is 0 Å². The number of hydrogen-bond donors (Lipinski definition) is 1. The molecule has 0 unspecified atom stereocenters. The van der Waals surface area contributed by atoms with E-state index in [1.54, 1.807) is 28.9 Å². The molecule has 1 N–H and O–H groups in total. The van der Waals surface area contributed by atoms with Gasteiger partial charge in [0.25, 0.3) is 5.91 Å². The fourth-order valence-corrected chi connectivity index (χ4v) is 3.47. The summed E-state index contributed by atoms with van der Waals surface area (Å²) in [6.07, 6.45) is 1.43. The predicted molar refractivity (Wildman–Crippen MR) is 101 cm³/mol. The Morgan fingerprint density at radius 3 is 2.19 bits per heavy atom. The maximum Gasteiger partial charge on any atom is 0.251 e. The van der Waals surface area contributed by atoms with Crippen molar-refractivity contribution >= 4 is 17.7 Å². The summed E-state index contributed by atoms with van der Waals surface area (Å²) in [5, 5.41) is 2.96. The molecule has 1 aliphatic rings. The van der Waals surface area contributed by atoms with Crippen molar-refractivity contribution in [1.29, 1.82) is 0 Å². The molecule has 0 aliphatic carbocycles. The van der Waals surface area contributed by atoms with Crippen LogP contribution < -0.4 is 5.32 Å². The number of likely N-dealkylation sites (N-methyl/N-ethyl adjacent to an activating group) is 1. The molecule has 0 saturated carbocycles. The second-order valence-corrected chi connectivity index (χ2v) is 6.67. The minimum absolute atomic E-state index is 0.0337. The number of piperidine rings is 1. The van der Waals surface area contributed by atoms with Crippen LogP contribution in [0.2, 0.25) is 0 Å². The van der Waals surface area contributed by atoms with E-state index in [1.165, 1.54) is 0 Å². The minimum Gasteiger partial charge on any atom is -0.343 e. The van der Waals surface area contributed by atoms with E-state index in [9.17, 15) is 14.4 Å². The smallest absolute Gasteiger partial charge is 0.251 e. The van der Waals surface area contributed by atoms with Crippen LogP contribution in [0.5, 0.6) is 0 Å². The number of amides is 3. The van der Waals surface area contributed by atoms with E-state index in [0.29, 0.717) is 44.6 Å². The monoisotopic (exact) mass is 359 g/mol. The zero-order valence-corrected chi connectivity index (χ0v) is 15.9. The molecule has 1 saturated heterocycles. The summed E-state index contributed by atoms with van der Waals surface area (Å²) in [5.41, 5.74) is 0.547. The number of nitrogens with one attached hydrogen (secondary N) is 1. The Morgan fingerprint density at radius 1 is 1.12 bits per heavy atom. The van der Waals surface area contributed by atoms with Crippen molar-refractivity contribution in [3.63, 3.8) is 0 Å². The molecule has 0 aromatic heterocycles. The molecule has 1 fully saturated rings.